The van der Waals surface area contributed by atoms with Gasteiger partial charge in [0.25, 0.3) is 0 Å². The summed E-state index contributed by atoms with van der Waals surface area (Å²) in [5.74, 6) is 0.917. The first-order chi connectivity index (χ1) is 8.87. The zero-order chi connectivity index (χ0) is 14.5. The van der Waals surface area contributed by atoms with E-state index < -0.39 is 0 Å². The zero-order valence-electron chi connectivity index (χ0n) is 12.9. The highest BCUT2D eigenvalue weighted by molar-refractivity contribution is 5.29. The number of hydrogen-bond donors (Lipinski definition) is 1. The summed E-state index contributed by atoms with van der Waals surface area (Å²) in [6.07, 6.45) is 0. The molecule has 0 spiro atoms. The number of likely N-dealkylation sites (N-methyl/N-ethyl adjacent to an activating group) is 1. The summed E-state index contributed by atoms with van der Waals surface area (Å²) in [7, 11) is 2.14. The Balaban J connectivity index is 2.78. The summed E-state index contributed by atoms with van der Waals surface area (Å²) in [5, 5.41) is 0. The molecule has 0 aliphatic rings. The van der Waals surface area contributed by atoms with Crippen LogP contribution in [-0.2, 0) is 0 Å². The van der Waals surface area contributed by atoms with E-state index >= 15 is 0 Å². The van der Waals surface area contributed by atoms with Crippen molar-refractivity contribution in [3.63, 3.8) is 0 Å². The van der Waals surface area contributed by atoms with Crippen molar-refractivity contribution in [1.82, 2.24) is 4.90 Å². The van der Waals surface area contributed by atoms with Crippen molar-refractivity contribution in [3.05, 3.63) is 29.8 Å². The van der Waals surface area contributed by atoms with Crippen LogP contribution in [0.5, 0.6) is 5.75 Å². The van der Waals surface area contributed by atoms with E-state index in [0.29, 0.717) is 13.2 Å². The smallest absolute Gasteiger partial charge is 0.119 e. The summed E-state index contributed by atoms with van der Waals surface area (Å²) in [4.78, 5) is 2.33. The summed E-state index contributed by atoms with van der Waals surface area (Å²) in [6.45, 7) is 11.1. The van der Waals surface area contributed by atoms with Crippen molar-refractivity contribution >= 4 is 0 Å². The average molecular weight is 264 g/mol. The fourth-order valence-corrected chi connectivity index (χ4v) is 2.38. The largest absolute Gasteiger partial charge is 0.494 e. The van der Waals surface area contributed by atoms with Gasteiger partial charge in [0.2, 0.25) is 0 Å². The second-order valence-corrected chi connectivity index (χ2v) is 6.23. The highest BCUT2D eigenvalue weighted by Crippen LogP contribution is 2.25. The molecule has 0 saturated carbocycles. The van der Waals surface area contributed by atoms with Gasteiger partial charge in [-0.1, -0.05) is 32.9 Å². The van der Waals surface area contributed by atoms with E-state index in [1.165, 1.54) is 5.56 Å². The van der Waals surface area contributed by atoms with Gasteiger partial charge in [0.15, 0.2) is 0 Å². The van der Waals surface area contributed by atoms with Gasteiger partial charge in [-0.05, 0) is 37.1 Å². The Hall–Kier alpha value is -1.06. The molecule has 1 atom stereocenters. The van der Waals surface area contributed by atoms with Gasteiger partial charge < -0.3 is 10.5 Å². The molecule has 1 aromatic carbocycles. The molecular weight excluding hydrogens is 236 g/mol. The molecule has 1 rings (SSSR count). The molecule has 19 heavy (non-hydrogen) atoms. The molecule has 0 amide bonds. The predicted octanol–water partition coefficient (Wildman–Crippen LogP) is 3.06. The highest BCUT2D eigenvalue weighted by atomic mass is 16.5. The van der Waals surface area contributed by atoms with Gasteiger partial charge >= 0.3 is 0 Å². The number of benzene rings is 1. The van der Waals surface area contributed by atoms with Gasteiger partial charge in [0.1, 0.15) is 5.75 Å². The van der Waals surface area contributed by atoms with E-state index in [2.05, 4.69) is 44.9 Å². The van der Waals surface area contributed by atoms with Crippen LogP contribution >= 0.6 is 0 Å². The second-order valence-electron chi connectivity index (χ2n) is 6.23. The molecule has 2 N–H and O–H groups in total. The number of hydrogen-bond acceptors (Lipinski definition) is 3. The summed E-state index contributed by atoms with van der Waals surface area (Å²) in [5.41, 5.74) is 7.47. The maximum absolute atomic E-state index is 5.95. The first-order valence-electron chi connectivity index (χ1n) is 7.00. The van der Waals surface area contributed by atoms with E-state index in [1.807, 2.05) is 19.1 Å². The molecule has 1 aromatic rings. The van der Waals surface area contributed by atoms with Crippen molar-refractivity contribution < 1.29 is 4.74 Å². The first kappa shape index (κ1) is 16.0. The van der Waals surface area contributed by atoms with Crippen molar-refractivity contribution in [2.24, 2.45) is 11.1 Å². The standard InChI is InChI=1S/C16H28N2O/c1-6-19-14-9-7-13(8-10-14)15(11-17)18(5)12-16(2,3)4/h7-10,15H,6,11-12,17H2,1-5H3. The van der Waals surface area contributed by atoms with Crippen LogP contribution < -0.4 is 10.5 Å². The Morgan fingerprint density at radius 2 is 1.79 bits per heavy atom. The first-order valence-corrected chi connectivity index (χ1v) is 7.00. The lowest BCUT2D eigenvalue weighted by Gasteiger charge is -2.33. The fraction of sp³-hybridized carbons (Fsp3) is 0.625. The molecule has 0 bridgehead atoms. The summed E-state index contributed by atoms with van der Waals surface area (Å²) in [6, 6.07) is 8.53. The summed E-state index contributed by atoms with van der Waals surface area (Å²) < 4.78 is 5.47. The van der Waals surface area contributed by atoms with Crippen LogP contribution in [0.1, 0.15) is 39.3 Å². The molecule has 1 unspecified atom stereocenters. The van der Waals surface area contributed by atoms with Crippen LogP contribution in [0.3, 0.4) is 0 Å². The van der Waals surface area contributed by atoms with Gasteiger partial charge in [0.05, 0.1) is 6.61 Å². The summed E-state index contributed by atoms with van der Waals surface area (Å²) >= 11 is 0. The monoisotopic (exact) mass is 264 g/mol. The zero-order valence-corrected chi connectivity index (χ0v) is 12.9. The number of nitrogens with two attached hydrogens (primary N) is 1. The number of nitrogens with zero attached hydrogens (tertiary/aromatic N) is 1. The van der Waals surface area contributed by atoms with Crippen molar-refractivity contribution in [2.45, 2.75) is 33.7 Å². The molecule has 108 valence electrons. The van der Waals surface area contributed by atoms with Gasteiger partial charge in [0, 0.05) is 19.1 Å². The number of ether oxygens (including phenoxy) is 1. The molecule has 0 saturated heterocycles. The van der Waals surface area contributed by atoms with Crippen LogP contribution in [0, 0.1) is 5.41 Å². The van der Waals surface area contributed by atoms with E-state index in [0.717, 1.165) is 12.3 Å². The Morgan fingerprint density at radius 3 is 2.21 bits per heavy atom. The lowest BCUT2D eigenvalue weighted by Crippen LogP contribution is -2.36. The Labute approximate surface area is 117 Å². The van der Waals surface area contributed by atoms with Crippen LogP contribution in [-0.4, -0.2) is 31.6 Å². The van der Waals surface area contributed by atoms with Gasteiger partial charge in [-0.15, -0.1) is 0 Å². The van der Waals surface area contributed by atoms with Crippen LogP contribution in [0.15, 0.2) is 24.3 Å². The lowest BCUT2D eigenvalue weighted by molar-refractivity contribution is 0.175. The fourth-order valence-electron chi connectivity index (χ4n) is 2.38. The molecule has 0 fully saturated rings. The Bertz CT molecular complexity index is 367. The SMILES string of the molecule is CCOc1ccc(C(CN)N(C)CC(C)(C)C)cc1. The minimum atomic E-state index is 0.259. The van der Waals surface area contributed by atoms with Gasteiger partial charge in [-0.2, -0.15) is 0 Å². The molecule has 0 aliphatic carbocycles. The quantitative estimate of drug-likeness (QED) is 0.858. The molecule has 0 aliphatic heterocycles. The molecule has 0 aromatic heterocycles. The van der Waals surface area contributed by atoms with Gasteiger partial charge in [-0.3, -0.25) is 4.90 Å². The van der Waals surface area contributed by atoms with E-state index in [-0.39, 0.29) is 11.5 Å². The third kappa shape index (κ3) is 5.21. The maximum atomic E-state index is 5.95. The minimum Gasteiger partial charge on any atom is -0.494 e. The normalized spacial score (nSPS) is 13.6. The van der Waals surface area contributed by atoms with E-state index in [4.69, 9.17) is 10.5 Å². The topological polar surface area (TPSA) is 38.5 Å². The maximum Gasteiger partial charge on any atom is 0.119 e. The molecule has 3 nitrogen and oxygen atoms in total. The van der Waals surface area contributed by atoms with E-state index in [1.54, 1.807) is 0 Å². The third-order valence-electron chi connectivity index (χ3n) is 3.05. The molecular formula is C16H28N2O. The lowest BCUT2D eigenvalue weighted by atomic mass is 9.94. The Morgan fingerprint density at radius 1 is 1.21 bits per heavy atom. The molecule has 0 radical (unpaired) electrons. The third-order valence-corrected chi connectivity index (χ3v) is 3.05. The molecule has 0 heterocycles. The average Bonchev–Trinajstić information content (AvgIpc) is 2.30. The highest BCUT2D eigenvalue weighted by Gasteiger charge is 2.20. The van der Waals surface area contributed by atoms with Crippen molar-refractivity contribution in [3.8, 4) is 5.75 Å². The number of rotatable bonds is 6. The predicted molar refractivity (Wildman–Crippen MR) is 81.5 cm³/mol. The molecule has 3 heteroatoms. The van der Waals surface area contributed by atoms with Crippen molar-refractivity contribution in [1.29, 1.82) is 0 Å². The van der Waals surface area contributed by atoms with Crippen LogP contribution in [0.25, 0.3) is 0 Å². The Kier molecular flexibility index (Phi) is 5.83. The second kappa shape index (κ2) is 6.92. The van der Waals surface area contributed by atoms with Crippen LogP contribution in [0.2, 0.25) is 0 Å². The van der Waals surface area contributed by atoms with Crippen molar-refractivity contribution in [2.75, 3.05) is 26.7 Å². The van der Waals surface area contributed by atoms with E-state index in [9.17, 15) is 0 Å². The van der Waals surface area contributed by atoms with Gasteiger partial charge in [-0.25, -0.2) is 0 Å². The minimum absolute atomic E-state index is 0.259. The van der Waals surface area contributed by atoms with Crippen LogP contribution in [0.4, 0.5) is 0 Å².